The molecule has 4 heteroatoms. The van der Waals surface area contributed by atoms with Crippen molar-refractivity contribution in [3.05, 3.63) is 34.3 Å². The molecule has 1 amide bonds. The number of carbonyl (C=O) groups is 1. The van der Waals surface area contributed by atoms with E-state index in [0.29, 0.717) is 0 Å². The van der Waals surface area contributed by atoms with E-state index in [1.54, 1.807) is 0 Å². The Morgan fingerprint density at radius 1 is 1.44 bits per heavy atom. The van der Waals surface area contributed by atoms with E-state index < -0.39 is 5.54 Å². The second kappa shape index (κ2) is 5.41. The lowest BCUT2D eigenvalue weighted by Crippen LogP contribution is -2.52. The number of benzene rings is 1. The van der Waals surface area contributed by atoms with E-state index in [2.05, 4.69) is 21.2 Å². The van der Waals surface area contributed by atoms with E-state index in [1.807, 2.05) is 31.2 Å². The Labute approximate surface area is 116 Å². The first-order chi connectivity index (χ1) is 8.51. The van der Waals surface area contributed by atoms with Crippen molar-refractivity contribution in [2.75, 3.05) is 0 Å². The third-order valence-electron chi connectivity index (χ3n) is 3.64. The summed E-state index contributed by atoms with van der Waals surface area (Å²) in [6, 6.07) is 7.95. The number of halogens is 1. The molecule has 0 saturated heterocycles. The molecule has 1 aromatic carbocycles. The van der Waals surface area contributed by atoms with E-state index in [-0.39, 0.29) is 11.9 Å². The van der Waals surface area contributed by atoms with E-state index in [9.17, 15) is 4.79 Å². The number of amides is 1. The molecule has 1 aliphatic rings. The van der Waals surface area contributed by atoms with Gasteiger partial charge in [0.25, 0.3) is 0 Å². The molecule has 3 nitrogen and oxygen atoms in total. The highest BCUT2D eigenvalue weighted by molar-refractivity contribution is 9.10. The molecule has 0 spiro atoms. The molecule has 2 rings (SSSR count). The second-order valence-electron chi connectivity index (χ2n) is 5.11. The highest BCUT2D eigenvalue weighted by Crippen LogP contribution is 2.28. The number of hydrogen-bond donors (Lipinski definition) is 2. The minimum absolute atomic E-state index is 0.0176. The molecular formula is C14H19BrN2O. The normalized spacial score (nSPS) is 19.5. The predicted molar refractivity (Wildman–Crippen MR) is 76.1 cm³/mol. The molecule has 1 saturated carbocycles. The van der Waals surface area contributed by atoms with Crippen LogP contribution in [0.3, 0.4) is 0 Å². The van der Waals surface area contributed by atoms with Crippen LogP contribution < -0.4 is 11.1 Å². The summed E-state index contributed by atoms with van der Waals surface area (Å²) in [5, 5.41) is 3.02. The standard InChI is InChI=1S/C14H19BrN2O/c1-10(11-5-4-6-12(15)9-11)17-13(18)14(16)7-2-3-8-14/h4-6,9-10H,2-3,7-8,16H2,1H3,(H,17,18)/t10-/m1/s1. The average molecular weight is 311 g/mol. The summed E-state index contributed by atoms with van der Waals surface area (Å²) < 4.78 is 1.02. The molecule has 1 aliphatic carbocycles. The first-order valence-corrected chi connectivity index (χ1v) is 7.16. The third kappa shape index (κ3) is 2.93. The van der Waals surface area contributed by atoms with Crippen molar-refractivity contribution >= 4 is 21.8 Å². The van der Waals surface area contributed by atoms with Crippen LogP contribution in [0.25, 0.3) is 0 Å². The van der Waals surface area contributed by atoms with Gasteiger partial charge < -0.3 is 11.1 Å². The Morgan fingerprint density at radius 3 is 2.72 bits per heavy atom. The summed E-state index contributed by atoms with van der Waals surface area (Å²) in [5.74, 6) is -0.0209. The van der Waals surface area contributed by atoms with Crippen molar-refractivity contribution in [2.24, 2.45) is 5.73 Å². The van der Waals surface area contributed by atoms with Gasteiger partial charge >= 0.3 is 0 Å². The molecule has 1 atom stereocenters. The van der Waals surface area contributed by atoms with Gasteiger partial charge in [-0.15, -0.1) is 0 Å². The minimum Gasteiger partial charge on any atom is -0.348 e. The average Bonchev–Trinajstić information content (AvgIpc) is 2.77. The molecule has 98 valence electrons. The van der Waals surface area contributed by atoms with Gasteiger partial charge in [-0.25, -0.2) is 0 Å². The fraction of sp³-hybridized carbons (Fsp3) is 0.500. The van der Waals surface area contributed by atoms with Gasteiger partial charge in [0, 0.05) is 4.47 Å². The maximum absolute atomic E-state index is 12.2. The second-order valence-corrected chi connectivity index (χ2v) is 6.03. The highest BCUT2D eigenvalue weighted by atomic mass is 79.9. The van der Waals surface area contributed by atoms with Crippen LogP contribution in [0.4, 0.5) is 0 Å². The SMILES string of the molecule is C[C@@H](NC(=O)C1(N)CCCC1)c1cccc(Br)c1. The maximum Gasteiger partial charge on any atom is 0.240 e. The van der Waals surface area contributed by atoms with E-state index in [1.165, 1.54) is 0 Å². The number of nitrogens with two attached hydrogens (primary N) is 1. The van der Waals surface area contributed by atoms with Gasteiger partial charge in [0.1, 0.15) is 0 Å². The number of carbonyl (C=O) groups excluding carboxylic acids is 1. The zero-order valence-corrected chi connectivity index (χ0v) is 12.2. The van der Waals surface area contributed by atoms with E-state index in [4.69, 9.17) is 5.73 Å². The van der Waals surface area contributed by atoms with Crippen LogP contribution in [0.2, 0.25) is 0 Å². The molecule has 3 N–H and O–H groups in total. The molecule has 18 heavy (non-hydrogen) atoms. The summed E-state index contributed by atoms with van der Waals surface area (Å²) in [4.78, 5) is 12.2. The van der Waals surface area contributed by atoms with E-state index >= 15 is 0 Å². The zero-order valence-electron chi connectivity index (χ0n) is 10.6. The summed E-state index contributed by atoms with van der Waals surface area (Å²) >= 11 is 3.44. The van der Waals surface area contributed by atoms with Crippen molar-refractivity contribution < 1.29 is 4.79 Å². The van der Waals surface area contributed by atoms with Gasteiger partial charge in [-0.05, 0) is 37.5 Å². The first kappa shape index (κ1) is 13.6. The highest BCUT2D eigenvalue weighted by Gasteiger charge is 2.37. The van der Waals surface area contributed by atoms with Gasteiger partial charge in [-0.3, -0.25) is 4.79 Å². The van der Waals surface area contributed by atoms with Crippen molar-refractivity contribution in [1.82, 2.24) is 5.32 Å². The molecule has 1 aromatic rings. The largest absolute Gasteiger partial charge is 0.348 e. The Balaban J connectivity index is 2.03. The van der Waals surface area contributed by atoms with Crippen molar-refractivity contribution in [3.63, 3.8) is 0 Å². The van der Waals surface area contributed by atoms with Gasteiger partial charge in [0.05, 0.1) is 11.6 Å². The lowest BCUT2D eigenvalue weighted by atomic mass is 9.97. The maximum atomic E-state index is 12.2. The molecule has 0 aliphatic heterocycles. The lowest BCUT2D eigenvalue weighted by Gasteiger charge is -2.25. The number of rotatable bonds is 3. The summed E-state index contributed by atoms with van der Waals surface area (Å²) in [5.41, 5.74) is 6.57. The van der Waals surface area contributed by atoms with Crippen LogP contribution in [0.15, 0.2) is 28.7 Å². The topological polar surface area (TPSA) is 55.1 Å². The predicted octanol–water partition coefficient (Wildman–Crippen LogP) is 2.90. The van der Waals surface area contributed by atoms with Gasteiger partial charge in [-0.2, -0.15) is 0 Å². The van der Waals surface area contributed by atoms with Crippen LogP contribution >= 0.6 is 15.9 Å². The zero-order chi connectivity index (χ0) is 13.2. The van der Waals surface area contributed by atoms with Crippen molar-refractivity contribution in [1.29, 1.82) is 0 Å². The van der Waals surface area contributed by atoms with Crippen LogP contribution in [0.1, 0.15) is 44.2 Å². The fourth-order valence-electron chi connectivity index (χ4n) is 2.43. The summed E-state index contributed by atoms with van der Waals surface area (Å²) in [6.45, 7) is 1.98. The van der Waals surface area contributed by atoms with Gasteiger partial charge in [0.15, 0.2) is 0 Å². The fourth-order valence-corrected chi connectivity index (χ4v) is 2.85. The molecule has 0 heterocycles. The Kier molecular flexibility index (Phi) is 4.07. The third-order valence-corrected chi connectivity index (χ3v) is 4.14. The Morgan fingerprint density at radius 2 is 2.11 bits per heavy atom. The van der Waals surface area contributed by atoms with E-state index in [0.717, 1.165) is 35.7 Å². The smallest absolute Gasteiger partial charge is 0.240 e. The van der Waals surface area contributed by atoms with Crippen molar-refractivity contribution in [2.45, 2.75) is 44.2 Å². The summed E-state index contributed by atoms with van der Waals surface area (Å²) in [7, 11) is 0. The number of nitrogens with one attached hydrogen (secondary N) is 1. The molecular weight excluding hydrogens is 292 g/mol. The van der Waals surface area contributed by atoms with Gasteiger partial charge in [-0.1, -0.05) is 40.9 Å². The van der Waals surface area contributed by atoms with Crippen LogP contribution in [-0.4, -0.2) is 11.4 Å². The molecule has 0 unspecified atom stereocenters. The van der Waals surface area contributed by atoms with Crippen LogP contribution in [0.5, 0.6) is 0 Å². The lowest BCUT2D eigenvalue weighted by molar-refractivity contribution is -0.126. The monoisotopic (exact) mass is 310 g/mol. The Hall–Kier alpha value is -0.870. The first-order valence-electron chi connectivity index (χ1n) is 6.36. The van der Waals surface area contributed by atoms with Crippen molar-refractivity contribution in [3.8, 4) is 0 Å². The Bertz CT molecular complexity index is 441. The number of hydrogen-bond acceptors (Lipinski definition) is 2. The van der Waals surface area contributed by atoms with Gasteiger partial charge in [0.2, 0.25) is 5.91 Å². The summed E-state index contributed by atoms with van der Waals surface area (Å²) in [6.07, 6.45) is 3.69. The molecule has 1 fully saturated rings. The molecule has 0 radical (unpaired) electrons. The molecule has 0 bridgehead atoms. The van der Waals surface area contributed by atoms with Crippen LogP contribution in [-0.2, 0) is 4.79 Å². The quantitative estimate of drug-likeness (QED) is 0.902. The minimum atomic E-state index is -0.653. The van der Waals surface area contributed by atoms with Crippen LogP contribution in [0, 0.1) is 0 Å². The molecule has 0 aromatic heterocycles.